The van der Waals surface area contributed by atoms with Gasteiger partial charge in [0.05, 0.1) is 18.9 Å². The minimum atomic E-state index is 0.474. The van der Waals surface area contributed by atoms with Crippen LogP contribution >= 0.6 is 11.3 Å². The molecule has 1 saturated heterocycles. The fourth-order valence-corrected chi connectivity index (χ4v) is 3.62. The van der Waals surface area contributed by atoms with Crippen molar-refractivity contribution in [2.75, 3.05) is 19.8 Å². The van der Waals surface area contributed by atoms with Crippen LogP contribution in [0.4, 0.5) is 0 Å². The first-order valence-electron chi connectivity index (χ1n) is 7.42. The zero-order valence-corrected chi connectivity index (χ0v) is 13.2. The first kappa shape index (κ1) is 14.6. The smallest absolute Gasteiger partial charge is 0.0622 e. The summed E-state index contributed by atoms with van der Waals surface area (Å²) >= 11 is 1.85. The molecule has 1 fully saturated rings. The Kier molecular flexibility index (Phi) is 4.95. The van der Waals surface area contributed by atoms with Crippen LogP contribution in [0, 0.1) is 6.92 Å². The summed E-state index contributed by atoms with van der Waals surface area (Å²) in [6, 6.07) is 2.68. The Morgan fingerprint density at radius 2 is 2.38 bits per heavy atom. The lowest BCUT2D eigenvalue weighted by molar-refractivity contribution is -0.0140. The third-order valence-corrected chi connectivity index (χ3v) is 5.02. The van der Waals surface area contributed by atoms with E-state index in [0.29, 0.717) is 6.04 Å². The minimum Gasteiger partial charge on any atom is -0.378 e. The summed E-state index contributed by atoms with van der Waals surface area (Å²) in [6.45, 7) is 5.91. The lowest BCUT2D eigenvalue weighted by Gasteiger charge is -2.35. The maximum atomic E-state index is 5.68. The van der Waals surface area contributed by atoms with Gasteiger partial charge in [-0.05, 0) is 36.8 Å². The number of nitrogens with zero attached hydrogens (tertiary/aromatic N) is 3. The summed E-state index contributed by atoms with van der Waals surface area (Å²) in [5.74, 6) is 0. The number of hydrogen-bond donors (Lipinski definition) is 0. The molecule has 1 atom stereocenters. The molecule has 1 aliphatic rings. The van der Waals surface area contributed by atoms with Crippen molar-refractivity contribution >= 4 is 11.3 Å². The Balaban J connectivity index is 1.60. The van der Waals surface area contributed by atoms with Gasteiger partial charge in [0.25, 0.3) is 0 Å². The van der Waals surface area contributed by atoms with E-state index in [1.807, 2.05) is 17.5 Å². The first-order chi connectivity index (χ1) is 10.3. The highest BCUT2D eigenvalue weighted by atomic mass is 32.1. The van der Waals surface area contributed by atoms with E-state index in [2.05, 4.69) is 33.2 Å². The molecule has 0 aromatic carbocycles. The van der Waals surface area contributed by atoms with Crippen molar-refractivity contribution in [2.45, 2.75) is 32.4 Å². The van der Waals surface area contributed by atoms with Crippen LogP contribution in [0.2, 0.25) is 0 Å². The Morgan fingerprint density at radius 3 is 3.14 bits per heavy atom. The molecule has 5 heteroatoms. The average Bonchev–Trinajstić information content (AvgIpc) is 2.93. The lowest BCUT2D eigenvalue weighted by Crippen LogP contribution is -2.45. The second-order valence-electron chi connectivity index (χ2n) is 5.46. The summed E-state index contributed by atoms with van der Waals surface area (Å²) in [7, 11) is 0. The summed E-state index contributed by atoms with van der Waals surface area (Å²) in [5, 5.41) is 2.18. The van der Waals surface area contributed by atoms with E-state index in [1.54, 1.807) is 12.4 Å². The molecule has 1 aliphatic heterocycles. The van der Waals surface area contributed by atoms with E-state index >= 15 is 0 Å². The molecule has 4 nitrogen and oxygen atoms in total. The molecule has 0 N–H and O–H groups in total. The SMILES string of the molecule is Cc1ccsc1CN1CCOC[C@H]1CCc1cnccn1. The third kappa shape index (κ3) is 3.87. The van der Waals surface area contributed by atoms with E-state index in [-0.39, 0.29) is 0 Å². The molecule has 2 aromatic rings. The fraction of sp³-hybridized carbons (Fsp3) is 0.500. The highest BCUT2D eigenvalue weighted by Crippen LogP contribution is 2.22. The molecule has 0 bridgehead atoms. The Bertz CT molecular complexity index is 558. The number of hydrogen-bond acceptors (Lipinski definition) is 5. The van der Waals surface area contributed by atoms with Gasteiger partial charge in [-0.2, -0.15) is 0 Å². The predicted molar refractivity (Wildman–Crippen MR) is 84.4 cm³/mol. The quantitative estimate of drug-likeness (QED) is 0.851. The zero-order valence-electron chi connectivity index (χ0n) is 12.4. The van der Waals surface area contributed by atoms with Crippen molar-refractivity contribution in [3.63, 3.8) is 0 Å². The second kappa shape index (κ2) is 7.11. The van der Waals surface area contributed by atoms with Crippen molar-refractivity contribution < 1.29 is 4.74 Å². The van der Waals surface area contributed by atoms with Crippen LogP contribution in [0.3, 0.4) is 0 Å². The normalized spacial score (nSPS) is 19.8. The van der Waals surface area contributed by atoms with Crippen molar-refractivity contribution in [1.29, 1.82) is 0 Å². The molecule has 21 heavy (non-hydrogen) atoms. The zero-order chi connectivity index (χ0) is 14.5. The molecule has 112 valence electrons. The Morgan fingerprint density at radius 1 is 1.43 bits per heavy atom. The van der Waals surface area contributed by atoms with Crippen LogP contribution in [0.25, 0.3) is 0 Å². The van der Waals surface area contributed by atoms with Gasteiger partial charge in [0.2, 0.25) is 0 Å². The highest BCUT2D eigenvalue weighted by Gasteiger charge is 2.23. The predicted octanol–water partition coefficient (Wildman–Crippen LogP) is 2.68. The standard InChI is InChI=1S/C16H21N3OS/c1-13-4-9-21-16(13)11-19-7-8-20-12-15(19)3-2-14-10-17-5-6-18-14/h4-6,9-10,15H,2-3,7-8,11-12H2,1H3/t15-/m1/s1. The van der Waals surface area contributed by atoms with Gasteiger partial charge in [-0.1, -0.05) is 0 Å². The van der Waals surface area contributed by atoms with Crippen molar-refractivity contribution in [3.05, 3.63) is 46.2 Å². The molecule has 2 aromatic heterocycles. The Labute approximate surface area is 129 Å². The summed E-state index contributed by atoms with van der Waals surface area (Å²) in [4.78, 5) is 12.5. The number of ether oxygens (including phenoxy) is 1. The average molecular weight is 303 g/mol. The van der Waals surface area contributed by atoms with E-state index < -0.39 is 0 Å². The van der Waals surface area contributed by atoms with E-state index in [1.165, 1.54) is 10.4 Å². The molecule has 3 heterocycles. The molecule has 3 rings (SSSR count). The number of rotatable bonds is 5. The highest BCUT2D eigenvalue weighted by molar-refractivity contribution is 7.10. The van der Waals surface area contributed by atoms with Crippen LogP contribution in [0.15, 0.2) is 30.0 Å². The van der Waals surface area contributed by atoms with Crippen LogP contribution in [-0.2, 0) is 17.7 Å². The fourth-order valence-electron chi connectivity index (χ4n) is 2.69. The second-order valence-corrected chi connectivity index (χ2v) is 6.46. The number of thiophene rings is 1. The van der Waals surface area contributed by atoms with Crippen molar-refractivity contribution in [3.8, 4) is 0 Å². The van der Waals surface area contributed by atoms with E-state index in [4.69, 9.17) is 4.74 Å². The molecule has 0 saturated carbocycles. The molecule has 0 amide bonds. The first-order valence-corrected chi connectivity index (χ1v) is 8.30. The largest absolute Gasteiger partial charge is 0.378 e. The van der Waals surface area contributed by atoms with Gasteiger partial charge in [0.1, 0.15) is 0 Å². The van der Waals surface area contributed by atoms with Gasteiger partial charge in [0, 0.05) is 42.6 Å². The minimum absolute atomic E-state index is 0.474. The molecular weight excluding hydrogens is 282 g/mol. The maximum absolute atomic E-state index is 5.68. The third-order valence-electron chi connectivity index (χ3n) is 4.01. The number of aryl methyl sites for hydroxylation is 2. The summed E-state index contributed by atoms with van der Waals surface area (Å²) in [5.41, 5.74) is 2.47. The summed E-state index contributed by atoms with van der Waals surface area (Å²) in [6.07, 6.45) is 7.38. The van der Waals surface area contributed by atoms with Gasteiger partial charge in [-0.25, -0.2) is 0 Å². The van der Waals surface area contributed by atoms with Crippen molar-refractivity contribution in [1.82, 2.24) is 14.9 Å². The molecule has 0 radical (unpaired) electrons. The number of morpholine rings is 1. The number of aromatic nitrogens is 2. The van der Waals surface area contributed by atoms with Crippen LogP contribution in [0.5, 0.6) is 0 Å². The topological polar surface area (TPSA) is 38.2 Å². The van der Waals surface area contributed by atoms with Gasteiger partial charge in [-0.15, -0.1) is 11.3 Å². The van der Waals surface area contributed by atoms with E-state index in [9.17, 15) is 0 Å². The molecular formula is C16H21N3OS. The van der Waals surface area contributed by atoms with Gasteiger partial charge in [0.15, 0.2) is 0 Å². The van der Waals surface area contributed by atoms with Crippen LogP contribution in [-0.4, -0.2) is 40.7 Å². The monoisotopic (exact) mass is 303 g/mol. The van der Waals surface area contributed by atoms with Gasteiger partial charge < -0.3 is 4.74 Å². The van der Waals surface area contributed by atoms with Crippen LogP contribution in [0.1, 0.15) is 22.6 Å². The molecule has 0 spiro atoms. The molecule has 0 aliphatic carbocycles. The molecule has 0 unspecified atom stereocenters. The van der Waals surface area contributed by atoms with E-state index in [0.717, 1.165) is 44.8 Å². The van der Waals surface area contributed by atoms with Gasteiger partial charge >= 0.3 is 0 Å². The van der Waals surface area contributed by atoms with Crippen LogP contribution < -0.4 is 0 Å². The van der Waals surface area contributed by atoms with Crippen molar-refractivity contribution in [2.24, 2.45) is 0 Å². The maximum Gasteiger partial charge on any atom is 0.0622 e. The summed E-state index contributed by atoms with van der Waals surface area (Å²) < 4.78 is 5.68. The Hall–Kier alpha value is -1.30. The van der Waals surface area contributed by atoms with Gasteiger partial charge in [-0.3, -0.25) is 14.9 Å². The lowest BCUT2D eigenvalue weighted by atomic mass is 10.1.